The lowest BCUT2D eigenvalue weighted by molar-refractivity contribution is 0.0601. The van der Waals surface area contributed by atoms with Crippen molar-refractivity contribution < 1.29 is 22.3 Å². The Bertz CT molecular complexity index is 586. The van der Waals surface area contributed by atoms with E-state index in [2.05, 4.69) is 10.1 Å². The average Bonchev–Trinajstić information content (AvgIpc) is 2.39. The van der Waals surface area contributed by atoms with Gasteiger partial charge in [-0.25, -0.2) is 17.6 Å². The van der Waals surface area contributed by atoms with Crippen molar-refractivity contribution in [3.05, 3.63) is 29.6 Å². The lowest BCUT2D eigenvalue weighted by Crippen LogP contribution is -2.27. The van der Waals surface area contributed by atoms with Gasteiger partial charge in [0.05, 0.1) is 18.4 Å². The molecule has 0 spiro atoms. The van der Waals surface area contributed by atoms with Gasteiger partial charge in [-0.05, 0) is 25.1 Å². The van der Waals surface area contributed by atoms with Gasteiger partial charge in [-0.15, -0.1) is 0 Å². The number of carbonyl (C=O) groups is 1. The molecule has 0 radical (unpaired) electrons. The molecular formula is C13H18FNO4S. The van der Waals surface area contributed by atoms with Crippen molar-refractivity contribution >= 4 is 21.5 Å². The van der Waals surface area contributed by atoms with Crippen LogP contribution in [0.15, 0.2) is 18.2 Å². The van der Waals surface area contributed by atoms with Gasteiger partial charge in [0.2, 0.25) is 0 Å². The maximum Gasteiger partial charge on any atom is 0.340 e. The van der Waals surface area contributed by atoms with Crippen molar-refractivity contribution in [1.29, 1.82) is 0 Å². The molecule has 0 aliphatic heterocycles. The predicted molar refractivity (Wildman–Crippen MR) is 75.2 cm³/mol. The van der Waals surface area contributed by atoms with Crippen LogP contribution in [0.5, 0.6) is 0 Å². The van der Waals surface area contributed by atoms with Crippen molar-refractivity contribution in [3.63, 3.8) is 0 Å². The monoisotopic (exact) mass is 303 g/mol. The molecular weight excluding hydrogens is 285 g/mol. The number of carbonyl (C=O) groups excluding carboxylic acids is 1. The van der Waals surface area contributed by atoms with E-state index >= 15 is 0 Å². The molecule has 7 heteroatoms. The number of nitrogens with one attached hydrogen (secondary N) is 1. The summed E-state index contributed by atoms with van der Waals surface area (Å²) in [5.41, 5.74) is 0.380. The smallest absolute Gasteiger partial charge is 0.340 e. The van der Waals surface area contributed by atoms with E-state index < -0.39 is 27.7 Å². The van der Waals surface area contributed by atoms with E-state index in [4.69, 9.17) is 0 Å². The van der Waals surface area contributed by atoms with Crippen LogP contribution in [0.3, 0.4) is 0 Å². The van der Waals surface area contributed by atoms with Gasteiger partial charge in [-0.3, -0.25) is 0 Å². The van der Waals surface area contributed by atoms with Gasteiger partial charge in [0, 0.05) is 17.5 Å². The predicted octanol–water partition coefficient (Wildman–Crippen LogP) is 1.85. The molecule has 0 aliphatic carbocycles. The first-order valence-electron chi connectivity index (χ1n) is 6.14. The molecule has 0 saturated carbocycles. The Labute approximate surface area is 118 Å². The molecule has 0 aliphatic rings. The number of rotatable bonds is 6. The number of esters is 1. The van der Waals surface area contributed by atoms with E-state index in [9.17, 15) is 17.6 Å². The molecule has 1 aromatic carbocycles. The topological polar surface area (TPSA) is 72.5 Å². The van der Waals surface area contributed by atoms with E-state index in [1.54, 1.807) is 13.8 Å². The summed E-state index contributed by atoms with van der Waals surface area (Å²) >= 11 is 0. The number of methoxy groups -OCH3 is 1. The number of hydrogen-bond acceptors (Lipinski definition) is 5. The van der Waals surface area contributed by atoms with E-state index in [1.807, 2.05) is 0 Å². The SMILES string of the molecule is CCS(=O)(=O)CC(C)Nc1ccc(F)cc1C(=O)OC. The third-order valence-electron chi connectivity index (χ3n) is 2.73. The molecule has 112 valence electrons. The Morgan fingerprint density at radius 3 is 2.65 bits per heavy atom. The van der Waals surface area contributed by atoms with Crippen LogP contribution in [-0.4, -0.2) is 39.0 Å². The number of hydrogen-bond donors (Lipinski definition) is 1. The Balaban J connectivity index is 2.95. The lowest BCUT2D eigenvalue weighted by atomic mass is 10.1. The average molecular weight is 303 g/mol. The fourth-order valence-electron chi connectivity index (χ4n) is 1.73. The fraction of sp³-hybridized carbons (Fsp3) is 0.462. The molecule has 0 heterocycles. The highest BCUT2D eigenvalue weighted by Crippen LogP contribution is 2.19. The van der Waals surface area contributed by atoms with Crippen LogP contribution >= 0.6 is 0 Å². The molecule has 5 nitrogen and oxygen atoms in total. The molecule has 0 bridgehead atoms. The Hall–Kier alpha value is -1.63. The van der Waals surface area contributed by atoms with Crippen molar-refractivity contribution in [3.8, 4) is 0 Å². The fourth-order valence-corrected chi connectivity index (χ4v) is 2.81. The Morgan fingerprint density at radius 1 is 1.45 bits per heavy atom. The first-order valence-corrected chi connectivity index (χ1v) is 7.96. The summed E-state index contributed by atoms with van der Waals surface area (Å²) in [6.07, 6.45) is 0. The molecule has 1 rings (SSSR count). The third kappa shape index (κ3) is 4.48. The minimum Gasteiger partial charge on any atom is -0.465 e. The highest BCUT2D eigenvalue weighted by Gasteiger charge is 2.18. The van der Waals surface area contributed by atoms with E-state index in [0.29, 0.717) is 5.69 Å². The van der Waals surface area contributed by atoms with Crippen LogP contribution in [0.25, 0.3) is 0 Å². The quantitative estimate of drug-likeness (QED) is 0.812. The summed E-state index contributed by atoms with van der Waals surface area (Å²) in [6, 6.07) is 3.22. The zero-order chi connectivity index (χ0) is 15.3. The van der Waals surface area contributed by atoms with Crippen LogP contribution in [0, 0.1) is 5.82 Å². The summed E-state index contributed by atoms with van der Waals surface area (Å²) in [5.74, 6) is -1.27. The number of anilines is 1. The first-order chi connectivity index (χ1) is 9.29. The molecule has 0 fully saturated rings. The number of ether oxygens (including phenoxy) is 1. The van der Waals surface area contributed by atoms with Crippen LogP contribution < -0.4 is 5.32 Å². The summed E-state index contributed by atoms with van der Waals surface area (Å²) in [4.78, 5) is 11.6. The second-order valence-electron chi connectivity index (χ2n) is 4.43. The molecule has 1 aromatic rings. The van der Waals surface area contributed by atoms with Gasteiger partial charge in [-0.1, -0.05) is 6.92 Å². The van der Waals surface area contributed by atoms with Gasteiger partial charge in [0.15, 0.2) is 9.84 Å². The van der Waals surface area contributed by atoms with Gasteiger partial charge in [-0.2, -0.15) is 0 Å². The van der Waals surface area contributed by atoms with Crippen LogP contribution in [-0.2, 0) is 14.6 Å². The van der Waals surface area contributed by atoms with Crippen LogP contribution in [0.4, 0.5) is 10.1 Å². The zero-order valence-electron chi connectivity index (χ0n) is 11.6. The molecule has 1 unspecified atom stereocenters. The lowest BCUT2D eigenvalue weighted by Gasteiger charge is -2.17. The van der Waals surface area contributed by atoms with Crippen molar-refractivity contribution in [2.75, 3.05) is 23.9 Å². The van der Waals surface area contributed by atoms with E-state index in [-0.39, 0.29) is 17.1 Å². The maximum atomic E-state index is 13.2. The third-order valence-corrected chi connectivity index (χ3v) is 4.62. The normalized spacial score (nSPS) is 12.8. The van der Waals surface area contributed by atoms with Gasteiger partial charge in [0.25, 0.3) is 0 Å². The number of benzene rings is 1. The maximum absolute atomic E-state index is 13.2. The second kappa shape index (κ2) is 6.69. The highest BCUT2D eigenvalue weighted by atomic mass is 32.2. The van der Waals surface area contributed by atoms with E-state index in [1.165, 1.54) is 19.2 Å². The van der Waals surface area contributed by atoms with E-state index in [0.717, 1.165) is 6.07 Å². The molecule has 20 heavy (non-hydrogen) atoms. The van der Waals surface area contributed by atoms with Gasteiger partial charge in [0.1, 0.15) is 5.82 Å². The summed E-state index contributed by atoms with van der Waals surface area (Å²) < 4.78 is 40.8. The minimum absolute atomic E-state index is 0.0354. The standard InChI is InChI=1S/C13H18FNO4S/c1-4-20(17,18)8-9(2)15-12-6-5-10(14)7-11(12)13(16)19-3/h5-7,9,15H,4,8H2,1-3H3. The number of sulfone groups is 1. The van der Waals surface area contributed by atoms with Crippen molar-refractivity contribution in [2.24, 2.45) is 0 Å². The Morgan fingerprint density at radius 2 is 2.10 bits per heavy atom. The van der Waals surface area contributed by atoms with Crippen LogP contribution in [0.2, 0.25) is 0 Å². The molecule has 0 saturated heterocycles. The van der Waals surface area contributed by atoms with Gasteiger partial charge >= 0.3 is 5.97 Å². The summed E-state index contributed by atoms with van der Waals surface area (Å²) in [7, 11) is -1.94. The molecule has 1 atom stereocenters. The largest absolute Gasteiger partial charge is 0.465 e. The first kappa shape index (κ1) is 16.4. The second-order valence-corrected chi connectivity index (χ2v) is 6.82. The van der Waals surface area contributed by atoms with Crippen molar-refractivity contribution in [1.82, 2.24) is 0 Å². The number of halogens is 1. The molecule has 1 N–H and O–H groups in total. The van der Waals surface area contributed by atoms with Gasteiger partial charge < -0.3 is 10.1 Å². The van der Waals surface area contributed by atoms with Crippen LogP contribution in [0.1, 0.15) is 24.2 Å². The Kier molecular flexibility index (Phi) is 5.50. The molecule has 0 aromatic heterocycles. The zero-order valence-corrected chi connectivity index (χ0v) is 12.5. The molecule has 0 amide bonds. The minimum atomic E-state index is -3.14. The highest BCUT2D eigenvalue weighted by molar-refractivity contribution is 7.91. The van der Waals surface area contributed by atoms with Crippen molar-refractivity contribution in [2.45, 2.75) is 19.9 Å². The summed E-state index contributed by atoms with van der Waals surface area (Å²) in [6.45, 7) is 3.25. The summed E-state index contributed by atoms with van der Waals surface area (Å²) in [5, 5.41) is 2.90.